The standard InChI is InChI=1S/C25H23F3N8O/c1-13-7-19-20(36-15(3)30-10-21(36)23(29)32-19)8-18(13)24(37)35(22-12-34(4)33-14(22)2)11-17-6-5-16(9-31-17)25(26,27)28/h5-10,12H,11H2,1-4H3,(H2,29,32). The first-order valence-corrected chi connectivity index (χ1v) is 11.3. The van der Waals surface area contributed by atoms with Gasteiger partial charge in [-0.25, -0.2) is 9.97 Å². The van der Waals surface area contributed by atoms with E-state index in [0.717, 1.165) is 12.3 Å². The van der Waals surface area contributed by atoms with E-state index in [4.69, 9.17) is 5.73 Å². The van der Waals surface area contributed by atoms with Crippen molar-refractivity contribution in [2.75, 3.05) is 10.6 Å². The number of imidazole rings is 1. The summed E-state index contributed by atoms with van der Waals surface area (Å²) in [6.07, 6.45) is -0.421. The van der Waals surface area contributed by atoms with Crippen LogP contribution in [0.15, 0.2) is 42.9 Å². The number of alkyl halides is 3. The van der Waals surface area contributed by atoms with Crippen molar-refractivity contribution in [1.82, 2.24) is 29.1 Å². The summed E-state index contributed by atoms with van der Waals surface area (Å²) in [5, 5.41) is 4.34. The fourth-order valence-corrected chi connectivity index (χ4v) is 4.41. The lowest BCUT2D eigenvalue weighted by Gasteiger charge is -2.23. The van der Waals surface area contributed by atoms with Crippen LogP contribution in [0.25, 0.3) is 16.6 Å². The minimum atomic E-state index is -4.50. The van der Waals surface area contributed by atoms with Gasteiger partial charge in [-0.05, 0) is 50.6 Å². The van der Waals surface area contributed by atoms with Crippen LogP contribution in [0.3, 0.4) is 0 Å². The summed E-state index contributed by atoms with van der Waals surface area (Å²) in [5.41, 5.74) is 9.60. The average Bonchev–Trinajstić information content (AvgIpc) is 3.38. The van der Waals surface area contributed by atoms with Gasteiger partial charge in [0.2, 0.25) is 0 Å². The summed E-state index contributed by atoms with van der Waals surface area (Å²) < 4.78 is 42.5. The van der Waals surface area contributed by atoms with Crippen molar-refractivity contribution >= 4 is 34.0 Å². The first-order chi connectivity index (χ1) is 17.4. The second kappa shape index (κ2) is 8.57. The number of hydrogen-bond donors (Lipinski definition) is 1. The fraction of sp³-hybridized carbons (Fsp3) is 0.240. The topological polar surface area (TPSA) is 107 Å². The van der Waals surface area contributed by atoms with Crippen LogP contribution in [0.4, 0.5) is 24.7 Å². The molecule has 1 aromatic carbocycles. The van der Waals surface area contributed by atoms with E-state index in [1.807, 2.05) is 11.3 Å². The van der Waals surface area contributed by atoms with Gasteiger partial charge < -0.3 is 5.73 Å². The first-order valence-electron chi connectivity index (χ1n) is 11.3. The van der Waals surface area contributed by atoms with Crippen molar-refractivity contribution in [3.63, 3.8) is 0 Å². The Hall–Kier alpha value is -4.48. The SMILES string of the molecule is Cc1cc2nc(N)c3cnc(C)n3c2cc1C(=O)N(Cc1ccc(C(F)(F)F)cn1)c1cn(C)nc1C. The zero-order chi connectivity index (χ0) is 26.6. The maximum absolute atomic E-state index is 14.0. The van der Waals surface area contributed by atoms with E-state index < -0.39 is 11.7 Å². The highest BCUT2D eigenvalue weighted by atomic mass is 19.4. The quantitative estimate of drug-likeness (QED) is 0.386. The molecule has 0 unspecified atom stereocenters. The second-order valence-corrected chi connectivity index (χ2v) is 8.88. The lowest BCUT2D eigenvalue weighted by molar-refractivity contribution is -0.137. The third kappa shape index (κ3) is 4.24. The molecule has 0 atom stereocenters. The van der Waals surface area contributed by atoms with Crippen LogP contribution >= 0.6 is 0 Å². The van der Waals surface area contributed by atoms with Gasteiger partial charge in [0.1, 0.15) is 17.2 Å². The molecular formula is C25H23F3N8O. The van der Waals surface area contributed by atoms with Gasteiger partial charge >= 0.3 is 6.18 Å². The molecule has 37 heavy (non-hydrogen) atoms. The van der Waals surface area contributed by atoms with E-state index >= 15 is 0 Å². The Balaban J connectivity index is 1.63. The number of anilines is 2. The van der Waals surface area contributed by atoms with Crippen LogP contribution in [0.2, 0.25) is 0 Å². The van der Waals surface area contributed by atoms with Crippen molar-refractivity contribution in [3.05, 3.63) is 76.8 Å². The average molecular weight is 509 g/mol. The van der Waals surface area contributed by atoms with Gasteiger partial charge in [0.15, 0.2) is 0 Å². The number of aromatic nitrogens is 6. The molecule has 1 amide bonds. The van der Waals surface area contributed by atoms with Crippen molar-refractivity contribution < 1.29 is 18.0 Å². The molecule has 0 spiro atoms. The van der Waals surface area contributed by atoms with E-state index in [-0.39, 0.29) is 12.5 Å². The molecule has 4 heterocycles. The molecule has 0 fully saturated rings. The zero-order valence-corrected chi connectivity index (χ0v) is 20.5. The third-order valence-corrected chi connectivity index (χ3v) is 6.23. The predicted octanol–water partition coefficient (Wildman–Crippen LogP) is 4.38. The number of nitrogens with zero attached hydrogens (tertiary/aromatic N) is 7. The Morgan fingerprint density at radius 1 is 1.08 bits per heavy atom. The van der Waals surface area contributed by atoms with Gasteiger partial charge in [-0.15, -0.1) is 0 Å². The molecule has 9 nitrogen and oxygen atoms in total. The highest BCUT2D eigenvalue weighted by molar-refractivity contribution is 6.09. The normalized spacial score (nSPS) is 12.0. The van der Waals surface area contributed by atoms with Crippen molar-refractivity contribution in [3.8, 4) is 0 Å². The van der Waals surface area contributed by atoms with Gasteiger partial charge in [0.25, 0.3) is 5.91 Å². The molecule has 5 rings (SSSR count). The highest BCUT2D eigenvalue weighted by Gasteiger charge is 2.31. The summed E-state index contributed by atoms with van der Waals surface area (Å²) >= 11 is 0. The molecule has 0 saturated heterocycles. The van der Waals surface area contributed by atoms with Crippen LogP contribution < -0.4 is 10.6 Å². The van der Waals surface area contributed by atoms with E-state index in [0.29, 0.717) is 56.4 Å². The molecule has 5 aromatic rings. The van der Waals surface area contributed by atoms with Crippen molar-refractivity contribution in [2.45, 2.75) is 33.5 Å². The van der Waals surface area contributed by atoms with E-state index in [9.17, 15) is 18.0 Å². The lowest BCUT2D eigenvalue weighted by atomic mass is 10.0. The Labute approximate surface area is 209 Å². The zero-order valence-electron chi connectivity index (χ0n) is 20.5. The number of carbonyl (C=O) groups excluding carboxylic acids is 1. The van der Waals surface area contributed by atoms with Gasteiger partial charge in [-0.2, -0.15) is 18.3 Å². The Kier molecular flexibility index (Phi) is 5.61. The monoisotopic (exact) mass is 508 g/mol. The molecule has 12 heteroatoms. The maximum Gasteiger partial charge on any atom is 0.417 e. The minimum Gasteiger partial charge on any atom is -0.382 e. The van der Waals surface area contributed by atoms with Gasteiger partial charge in [-0.1, -0.05) is 0 Å². The first kappa shape index (κ1) is 24.2. The number of rotatable bonds is 4. The van der Waals surface area contributed by atoms with Crippen LogP contribution in [0, 0.1) is 20.8 Å². The second-order valence-electron chi connectivity index (χ2n) is 8.88. The molecule has 0 saturated carbocycles. The van der Waals surface area contributed by atoms with Crippen molar-refractivity contribution in [1.29, 1.82) is 0 Å². The smallest absolute Gasteiger partial charge is 0.382 e. The van der Waals surface area contributed by atoms with E-state index in [1.54, 1.807) is 50.1 Å². The summed E-state index contributed by atoms with van der Waals surface area (Å²) in [6.45, 7) is 5.32. The summed E-state index contributed by atoms with van der Waals surface area (Å²) in [4.78, 5) is 28.3. The Bertz CT molecular complexity index is 1670. The molecule has 2 N–H and O–H groups in total. The number of aryl methyl sites for hydroxylation is 4. The highest BCUT2D eigenvalue weighted by Crippen LogP contribution is 2.30. The summed E-state index contributed by atoms with van der Waals surface area (Å²) in [7, 11) is 1.73. The minimum absolute atomic E-state index is 0.0551. The number of pyridine rings is 1. The Morgan fingerprint density at radius 2 is 1.84 bits per heavy atom. The molecule has 4 aromatic heterocycles. The molecular weight excluding hydrogens is 485 g/mol. The molecule has 0 aliphatic rings. The van der Waals surface area contributed by atoms with E-state index in [1.165, 1.54) is 11.0 Å². The number of carbonyl (C=O) groups is 1. The Morgan fingerprint density at radius 3 is 2.46 bits per heavy atom. The van der Waals surface area contributed by atoms with Crippen LogP contribution in [0.1, 0.15) is 38.7 Å². The number of hydrogen-bond acceptors (Lipinski definition) is 6. The summed E-state index contributed by atoms with van der Waals surface area (Å²) in [5.74, 6) is 0.651. The molecule has 0 radical (unpaired) electrons. The molecule has 0 aliphatic carbocycles. The number of nitrogen functional groups attached to an aromatic ring is 1. The lowest BCUT2D eigenvalue weighted by Crippen LogP contribution is -2.31. The number of benzene rings is 1. The van der Waals surface area contributed by atoms with Crippen LogP contribution in [-0.4, -0.2) is 35.0 Å². The van der Waals surface area contributed by atoms with Gasteiger partial charge in [0, 0.05) is 25.0 Å². The largest absolute Gasteiger partial charge is 0.417 e. The number of fused-ring (bicyclic) bond motifs is 3. The summed E-state index contributed by atoms with van der Waals surface area (Å²) in [6, 6.07) is 5.74. The fourth-order valence-electron chi connectivity index (χ4n) is 4.41. The maximum atomic E-state index is 14.0. The van der Waals surface area contributed by atoms with E-state index in [2.05, 4.69) is 20.1 Å². The number of nitrogens with two attached hydrogens (primary N) is 1. The third-order valence-electron chi connectivity index (χ3n) is 6.23. The van der Waals surface area contributed by atoms with Crippen LogP contribution in [-0.2, 0) is 19.8 Å². The molecule has 0 aliphatic heterocycles. The van der Waals surface area contributed by atoms with Gasteiger partial charge in [0.05, 0.1) is 46.4 Å². The number of amides is 1. The van der Waals surface area contributed by atoms with Gasteiger partial charge in [-0.3, -0.25) is 23.8 Å². The van der Waals surface area contributed by atoms with Crippen LogP contribution in [0.5, 0.6) is 0 Å². The molecule has 0 bridgehead atoms. The molecule has 190 valence electrons. The van der Waals surface area contributed by atoms with Crippen molar-refractivity contribution in [2.24, 2.45) is 7.05 Å². The predicted molar refractivity (Wildman–Crippen MR) is 132 cm³/mol. The number of halogens is 3.